The highest BCUT2D eigenvalue weighted by Crippen LogP contribution is 2.20. The lowest BCUT2D eigenvalue weighted by atomic mass is 10.4. The second-order valence-electron chi connectivity index (χ2n) is 4.49. The van der Waals surface area contributed by atoms with Crippen molar-refractivity contribution in [2.45, 2.75) is 26.8 Å². The molecule has 0 fully saturated rings. The first-order valence-corrected chi connectivity index (χ1v) is 6.92. The van der Waals surface area contributed by atoms with Crippen LogP contribution < -0.4 is 10.6 Å². The predicted octanol–water partition coefficient (Wildman–Crippen LogP) is 1.95. The van der Waals surface area contributed by atoms with Crippen molar-refractivity contribution in [1.82, 2.24) is 25.1 Å². The summed E-state index contributed by atoms with van der Waals surface area (Å²) in [7, 11) is 0. The standard InChI is InChI=1S/C13H17N7O/c1-3-8-5-15-10(21-8)7-16-11-9-6-17-20-12(9)19-13(18-11)14-4-2/h5-6H,3-4,7H2,1-2H3,(H3,14,16,17,18,19,20). The number of nitrogens with zero attached hydrogens (tertiary/aromatic N) is 4. The summed E-state index contributed by atoms with van der Waals surface area (Å²) in [6.07, 6.45) is 4.27. The van der Waals surface area contributed by atoms with Gasteiger partial charge >= 0.3 is 0 Å². The third-order valence-corrected chi connectivity index (χ3v) is 3.00. The lowest BCUT2D eigenvalue weighted by Gasteiger charge is -2.07. The molecule has 3 rings (SSSR count). The molecule has 8 nitrogen and oxygen atoms in total. The van der Waals surface area contributed by atoms with Gasteiger partial charge in [-0.1, -0.05) is 6.92 Å². The van der Waals surface area contributed by atoms with Gasteiger partial charge in [0.05, 0.1) is 24.3 Å². The molecule has 0 saturated carbocycles. The number of aryl methyl sites for hydroxylation is 1. The summed E-state index contributed by atoms with van der Waals surface area (Å²) < 4.78 is 5.57. The van der Waals surface area contributed by atoms with Crippen LogP contribution in [-0.2, 0) is 13.0 Å². The van der Waals surface area contributed by atoms with E-state index >= 15 is 0 Å². The third-order valence-electron chi connectivity index (χ3n) is 3.00. The predicted molar refractivity (Wildman–Crippen MR) is 79.1 cm³/mol. The van der Waals surface area contributed by atoms with E-state index in [4.69, 9.17) is 4.42 Å². The fourth-order valence-electron chi connectivity index (χ4n) is 1.96. The van der Waals surface area contributed by atoms with Gasteiger partial charge in [0.15, 0.2) is 5.65 Å². The van der Waals surface area contributed by atoms with Gasteiger partial charge < -0.3 is 15.1 Å². The summed E-state index contributed by atoms with van der Waals surface area (Å²) in [6.45, 7) is 5.23. The fraction of sp³-hybridized carbons (Fsp3) is 0.385. The maximum Gasteiger partial charge on any atom is 0.226 e. The van der Waals surface area contributed by atoms with Gasteiger partial charge in [-0.05, 0) is 6.92 Å². The van der Waals surface area contributed by atoms with Crippen molar-refractivity contribution in [3.63, 3.8) is 0 Å². The van der Waals surface area contributed by atoms with Crippen molar-refractivity contribution in [3.05, 3.63) is 24.0 Å². The minimum atomic E-state index is 0.461. The first kappa shape index (κ1) is 13.3. The molecule has 3 aromatic heterocycles. The van der Waals surface area contributed by atoms with Gasteiger partial charge in [-0.2, -0.15) is 15.1 Å². The highest BCUT2D eigenvalue weighted by atomic mass is 16.4. The van der Waals surface area contributed by atoms with E-state index in [0.717, 1.165) is 24.1 Å². The zero-order valence-corrected chi connectivity index (χ0v) is 12.0. The van der Waals surface area contributed by atoms with Crippen LogP contribution in [0.1, 0.15) is 25.5 Å². The van der Waals surface area contributed by atoms with E-state index < -0.39 is 0 Å². The van der Waals surface area contributed by atoms with Crippen molar-refractivity contribution >= 4 is 22.8 Å². The number of oxazole rings is 1. The topological polar surface area (TPSA) is 105 Å². The molecule has 110 valence electrons. The average Bonchev–Trinajstić information content (AvgIpc) is 3.13. The van der Waals surface area contributed by atoms with Gasteiger partial charge in [0.2, 0.25) is 11.8 Å². The summed E-state index contributed by atoms with van der Waals surface area (Å²) in [5, 5.41) is 14.0. The molecular formula is C13H17N7O. The Morgan fingerprint density at radius 1 is 1.19 bits per heavy atom. The number of nitrogens with one attached hydrogen (secondary N) is 3. The van der Waals surface area contributed by atoms with E-state index in [9.17, 15) is 0 Å². The molecule has 0 aliphatic carbocycles. The van der Waals surface area contributed by atoms with Crippen molar-refractivity contribution in [2.24, 2.45) is 0 Å². The highest BCUT2D eigenvalue weighted by Gasteiger charge is 2.10. The zero-order chi connectivity index (χ0) is 14.7. The molecule has 0 radical (unpaired) electrons. The minimum Gasteiger partial charge on any atom is -0.444 e. The van der Waals surface area contributed by atoms with Crippen molar-refractivity contribution in [1.29, 1.82) is 0 Å². The molecule has 0 atom stereocenters. The number of anilines is 2. The lowest BCUT2D eigenvalue weighted by Crippen LogP contribution is -2.07. The molecule has 0 spiro atoms. The summed E-state index contributed by atoms with van der Waals surface area (Å²) in [5.41, 5.74) is 0.685. The van der Waals surface area contributed by atoms with E-state index in [1.807, 2.05) is 13.8 Å². The quantitative estimate of drug-likeness (QED) is 0.636. The summed E-state index contributed by atoms with van der Waals surface area (Å²) >= 11 is 0. The van der Waals surface area contributed by atoms with Gasteiger partial charge in [-0.25, -0.2) is 4.98 Å². The van der Waals surface area contributed by atoms with Crippen LogP contribution in [0, 0.1) is 0 Å². The molecule has 8 heteroatoms. The largest absolute Gasteiger partial charge is 0.444 e. The first-order valence-electron chi connectivity index (χ1n) is 6.92. The number of H-pyrrole nitrogens is 1. The van der Waals surface area contributed by atoms with Gasteiger partial charge in [0.1, 0.15) is 11.6 Å². The summed E-state index contributed by atoms with van der Waals surface area (Å²) in [5.74, 6) is 2.75. The minimum absolute atomic E-state index is 0.461. The van der Waals surface area contributed by atoms with Crippen LogP contribution in [0.15, 0.2) is 16.8 Å². The monoisotopic (exact) mass is 287 g/mol. The van der Waals surface area contributed by atoms with Crippen molar-refractivity contribution < 1.29 is 4.42 Å². The number of hydrogen-bond donors (Lipinski definition) is 3. The Morgan fingerprint density at radius 2 is 2.10 bits per heavy atom. The number of aromatic nitrogens is 5. The highest BCUT2D eigenvalue weighted by molar-refractivity contribution is 5.86. The zero-order valence-electron chi connectivity index (χ0n) is 12.0. The van der Waals surface area contributed by atoms with Gasteiger partial charge in [-0.3, -0.25) is 5.10 Å². The SMILES string of the molecule is CCNc1nc(NCc2ncc(CC)o2)c2cn[nH]c2n1. The van der Waals surface area contributed by atoms with Gasteiger partial charge in [0, 0.05) is 13.0 Å². The van der Waals surface area contributed by atoms with Crippen LogP contribution in [0.3, 0.4) is 0 Å². The maximum absolute atomic E-state index is 5.57. The fourth-order valence-corrected chi connectivity index (χ4v) is 1.96. The van der Waals surface area contributed by atoms with Crippen LogP contribution >= 0.6 is 0 Å². The maximum atomic E-state index is 5.57. The first-order chi connectivity index (χ1) is 10.3. The van der Waals surface area contributed by atoms with E-state index in [0.29, 0.717) is 29.8 Å². The average molecular weight is 287 g/mol. The molecule has 0 saturated heterocycles. The van der Waals surface area contributed by atoms with E-state index in [1.165, 1.54) is 0 Å². The van der Waals surface area contributed by atoms with Gasteiger partial charge in [0.25, 0.3) is 0 Å². The molecule has 0 aromatic carbocycles. The van der Waals surface area contributed by atoms with Crippen molar-refractivity contribution in [2.75, 3.05) is 17.2 Å². The number of rotatable bonds is 6. The van der Waals surface area contributed by atoms with E-state index in [1.54, 1.807) is 12.4 Å². The van der Waals surface area contributed by atoms with Crippen LogP contribution in [-0.4, -0.2) is 31.7 Å². The molecule has 0 aliphatic heterocycles. The summed E-state index contributed by atoms with van der Waals surface area (Å²) in [4.78, 5) is 13.0. The molecule has 0 aliphatic rings. The molecule has 0 amide bonds. The normalized spacial score (nSPS) is 11.0. The van der Waals surface area contributed by atoms with Crippen LogP contribution in [0.25, 0.3) is 11.0 Å². The molecule has 0 unspecified atom stereocenters. The van der Waals surface area contributed by atoms with Gasteiger partial charge in [-0.15, -0.1) is 0 Å². The molecule has 3 heterocycles. The Morgan fingerprint density at radius 3 is 2.86 bits per heavy atom. The Bertz CT molecular complexity index is 733. The Kier molecular flexibility index (Phi) is 3.67. The number of aromatic amines is 1. The Balaban J connectivity index is 1.83. The Hall–Kier alpha value is -2.64. The molecule has 21 heavy (non-hydrogen) atoms. The smallest absolute Gasteiger partial charge is 0.226 e. The lowest BCUT2D eigenvalue weighted by molar-refractivity contribution is 0.465. The van der Waals surface area contributed by atoms with Crippen LogP contribution in [0.5, 0.6) is 0 Å². The molecule has 3 aromatic rings. The second-order valence-corrected chi connectivity index (χ2v) is 4.49. The molecule has 0 bridgehead atoms. The third kappa shape index (κ3) is 2.78. The van der Waals surface area contributed by atoms with E-state index in [2.05, 4.69) is 35.8 Å². The van der Waals surface area contributed by atoms with E-state index in [-0.39, 0.29) is 0 Å². The number of fused-ring (bicyclic) bond motifs is 1. The molecular weight excluding hydrogens is 270 g/mol. The van der Waals surface area contributed by atoms with Crippen LogP contribution in [0.4, 0.5) is 11.8 Å². The van der Waals surface area contributed by atoms with Crippen LogP contribution in [0.2, 0.25) is 0 Å². The number of hydrogen-bond acceptors (Lipinski definition) is 7. The summed E-state index contributed by atoms with van der Waals surface area (Å²) in [6, 6.07) is 0. The Labute approximate surface area is 121 Å². The second kappa shape index (κ2) is 5.78. The van der Waals surface area contributed by atoms with Crippen molar-refractivity contribution in [3.8, 4) is 0 Å². The molecule has 3 N–H and O–H groups in total.